The first-order valence-electron chi connectivity index (χ1n) is 7.97. The molecule has 0 aliphatic carbocycles. The van der Waals surface area contributed by atoms with Gasteiger partial charge >= 0.3 is 6.18 Å². The van der Waals surface area contributed by atoms with Gasteiger partial charge in [0.1, 0.15) is 16.7 Å². The van der Waals surface area contributed by atoms with Crippen LogP contribution in [-0.4, -0.2) is 20.2 Å². The molecule has 0 saturated carbocycles. The molecular weight excluding hydrogens is 381 g/mol. The van der Waals surface area contributed by atoms with Crippen LogP contribution in [0.1, 0.15) is 35.5 Å². The molecule has 142 valence electrons. The van der Waals surface area contributed by atoms with E-state index in [0.717, 1.165) is 5.39 Å². The third-order valence-corrected chi connectivity index (χ3v) is 4.44. The molecule has 0 aliphatic rings. The second kappa shape index (κ2) is 6.80. The average molecular weight is 397 g/mol. The normalized spacial score (nSPS) is 13.0. The Labute approximate surface area is 158 Å². The number of alkyl halides is 3. The van der Waals surface area contributed by atoms with E-state index in [1.165, 1.54) is 13.0 Å². The molecule has 0 unspecified atom stereocenters. The number of aromatic nitrogens is 4. The highest BCUT2D eigenvalue weighted by molar-refractivity contribution is 6.30. The highest BCUT2D eigenvalue weighted by atomic mass is 35.5. The molecule has 0 fully saturated rings. The van der Waals surface area contributed by atoms with Gasteiger partial charge in [-0.3, -0.25) is 0 Å². The van der Waals surface area contributed by atoms with Gasteiger partial charge in [-0.25, -0.2) is 9.97 Å². The molecule has 3 N–H and O–H groups in total. The fourth-order valence-electron chi connectivity index (χ4n) is 2.91. The Bertz CT molecular complexity index is 1020. The topological polar surface area (TPSA) is 89.6 Å². The van der Waals surface area contributed by atoms with Crippen molar-refractivity contribution in [1.29, 1.82) is 0 Å². The van der Waals surface area contributed by atoms with Gasteiger partial charge in [-0.05, 0) is 44.0 Å². The summed E-state index contributed by atoms with van der Waals surface area (Å²) in [4.78, 5) is 7.47. The van der Waals surface area contributed by atoms with Crippen molar-refractivity contribution in [2.75, 3.05) is 11.1 Å². The van der Waals surface area contributed by atoms with Crippen LogP contribution >= 0.6 is 11.6 Å². The summed E-state index contributed by atoms with van der Waals surface area (Å²) in [5.41, 5.74) is 5.62. The molecule has 0 aromatic carbocycles. The lowest BCUT2D eigenvalue weighted by Crippen LogP contribution is -2.17. The summed E-state index contributed by atoms with van der Waals surface area (Å²) in [6.45, 7) is 4.85. The molecule has 0 bridgehead atoms. The number of hydrogen-bond donors (Lipinski definition) is 2. The molecule has 10 heteroatoms. The van der Waals surface area contributed by atoms with Crippen LogP contribution in [0.2, 0.25) is 5.15 Å². The molecule has 0 amide bonds. The minimum Gasteiger partial charge on any atom is -0.384 e. The molecule has 1 atom stereocenters. The van der Waals surface area contributed by atoms with Gasteiger partial charge in [-0.15, -0.1) is 5.10 Å². The number of fused-ring (bicyclic) bond motifs is 1. The predicted molar refractivity (Wildman–Crippen MR) is 97.5 cm³/mol. The molecule has 6 nitrogen and oxygen atoms in total. The number of nitrogens with two attached hydrogens (primary N) is 1. The van der Waals surface area contributed by atoms with Gasteiger partial charge in [0.15, 0.2) is 5.82 Å². The number of aryl methyl sites for hydroxylation is 1. The Morgan fingerprint density at radius 3 is 2.52 bits per heavy atom. The van der Waals surface area contributed by atoms with E-state index in [1.807, 2.05) is 0 Å². The lowest BCUT2D eigenvalue weighted by Gasteiger charge is -2.21. The Hall–Kier alpha value is -2.68. The second-order valence-electron chi connectivity index (χ2n) is 6.16. The molecule has 0 aliphatic heterocycles. The van der Waals surface area contributed by atoms with E-state index in [4.69, 9.17) is 17.3 Å². The minimum atomic E-state index is -4.59. The first-order chi connectivity index (χ1) is 12.6. The first kappa shape index (κ1) is 19.1. The van der Waals surface area contributed by atoms with Crippen LogP contribution in [0.4, 0.5) is 24.8 Å². The van der Waals surface area contributed by atoms with E-state index in [0.29, 0.717) is 22.5 Å². The van der Waals surface area contributed by atoms with Gasteiger partial charge in [0.25, 0.3) is 0 Å². The number of rotatable bonds is 3. The molecule has 3 rings (SSSR count). The van der Waals surface area contributed by atoms with Crippen molar-refractivity contribution in [3.05, 3.63) is 46.0 Å². The third-order valence-electron chi connectivity index (χ3n) is 4.24. The quantitative estimate of drug-likeness (QED) is 0.635. The Kier molecular flexibility index (Phi) is 4.81. The Morgan fingerprint density at radius 2 is 1.85 bits per heavy atom. The van der Waals surface area contributed by atoms with E-state index in [2.05, 4.69) is 25.5 Å². The van der Waals surface area contributed by atoms with Crippen molar-refractivity contribution in [1.82, 2.24) is 20.2 Å². The number of pyridine rings is 2. The zero-order chi connectivity index (χ0) is 19.9. The van der Waals surface area contributed by atoms with E-state index < -0.39 is 17.9 Å². The van der Waals surface area contributed by atoms with Crippen molar-refractivity contribution in [3.8, 4) is 0 Å². The maximum atomic E-state index is 13.2. The number of nitrogen functional groups attached to an aromatic ring is 1. The monoisotopic (exact) mass is 396 g/mol. The maximum Gasteiger partial charge on any atom is 0.433 e. The molecular formula is C17H16ClF3N6. The summed E-state index contributed by atoms with van der Waals surface area (Å²) < 4.78 is 39.6. The summed E-state index contributed by atoms with van der Waals surface area (Å²) in [5, 5.41) is 13.0. The van der Waals surface area contributed by atoms with Gasteiger partial charge < -0.3 is 11.1 Å². The van der Waals surface area contributed by atoms with Crippen LogP contribution < -0.4 is 11.1 Å². The fourth-order valence-corrected chi connectivity index (χ4v) is 3.07. The summed E-state index contributed by atoms with van der Waals surface area (Å²) in [7, 11) is 0. The van der Waals surface area contributed by atoms with E-state index in [-0.39, 0.29) is 16.5 Å². The van der Waals surface area contributed by atoms with Crippen molar-refractivity contribution < 1.29 is 13.2 Å². The third kappa shape index (κ3) is 3.73. The van der Waals surface area contributed by atoms with Gasteiger partial charge in [-0.1, -0.05) is 11.6 Å². The Balaban J connectivity index is 2.06. The number of nitrogens with one attached hydrogen (secondary N) is 1. The van der Waals surface area contributed by atoms with Crippen molar-refractivity contribution in [2.45, 2.75) is 33.0 Å². The molecule has 0 radical (unpaired) electrons. The largest absolute Gasteiger partial charge is 0.433 e. The summed E-state index contributed by atoms with van der Waals surface area (Å²) in [5.74, 6) is 0.180. The number of halogens is 4. The van der Waals surface area contributed by atoms with Crippen LogP contribution in [0.25, 0.3) is 10.8 Å². The van der Waals surface area contributed by atoms with Gasteiger partial charge in [0.05, 0.1) is 11.7 Å². The SMILES string of the molecule is Cc1c([C@@H](C)Nc2nnc(C)c3cnc(Cl)cc23)cc(N)nc1C(F)(F)F. The molecule has 0 spiro atoms. The number of hydrogen-bond acceptors (Lipinski definition) is 6. The van der Waals surface area contributed by atoms with Crippen LogP contribution in [0.5, 0.6) is 0 Å². The maximum absolute atomic E-state index is 13.2. The lowest BCUT2D eigenvalue weighted by molar-refractivity contribution is -0.141. The van der Waals surface area contributed by atoms with Crippen LogP contribution in [-0.2, 0) is 6.18 Å². The smallest absolute Gasteiger partial charge is 0.384 e. The molecule has 0 saturated heterocycles. The molecule has 3 heterocycles. The van der Waals surface area contributed by atoms with Gasteiger partial charge in [0.2, 0.25) is 0 Å². The van der Waals surface area contributed by atoms with Crippen molar-refractivity contribution in [2.24, 2.45) is 0 Å². The lowest BCUT2D eigenvalue weighted by atomic mass is 10.0. The molecule has 3 aromatic rings. The van der Waals surface area contributed by atoms with Crippen molar-refractivity contribution >= 4 is 34.0 Å². The Morgan fingerprint density at radius 1 is 1.15 bits per heavy atom. The van der Waals surface area contributed by atoms with Gasteiger partial charge in [-0.2, -0.15) is 18.3 Å². The summed E-state index contributed by atoms with van der Waals surface area (Å²) in [6, 6.07) is 2.51. The van der Waals surface area contributed by atoms with Crippen molar-refractivity contribution in [3.63, 3.8) is 0 Å². The molecule has 3 aromatic heterocycles. The second-order valence-corrected chi connectivity index (χ2v) is 6.55. The number of nitrogens with zero attached hydrogens (tertiary/aromatic N) is 4. The number of anilines is 2. The zero-order valence-electron chi connectivity index (χ0n) is 14.7. The van der Waals surface area contributed by atoms with E-state index in [1.54, 1.807) is 26.1 Å². The zero-order valence-corrected chi connectivity index (χ0v) is 15.4. The first-order valence-corrected chi connectivity index (χ1v) is 8.35. The fraction of sp³-hybridized carbons (Fsp3) is 0.294. The molecule has 27 heavy (non-hydrogen) atoms. The van der Waals surface area contributed by atoms with Crippen LogP contribution in [0.15, 0.2) is 18.3 Å². The van der Waals surface area contributed by atoms with E-state index in [9.17, 15) is 13.2 Å². The van der Waals surface area contributed by atoms with Gasteiger partial charge in [0, 0.05) is 17.0 Å². The highest BCUT2D eigenvalue weighted by Crippen LogP contribution is 2.35. The standard InChI is InChI=1S/C17H16ClF3N6/c1-7-10(5-14(22)25-15(7)17(19,20)21)8(2)24-16-11-4-13(18)23-6-12(11)9(3)26-27-16/h4-6,8H,1-3H3,(H2,22,25)(H,24,27)/t8-/m1/s1. The van der Waals surface area contributed by atoms with Crippen LogP contribution in [0.3, 0.4) is 0 Å². The predicted octanol–water partition coefficient (Wildman–Crippen LogP) is 4.46. The minimum absolute atomic E-state index is 0.000718. The van der Waals surface area contributed by atoms with Crippen LogP contribution in [0, 0.1) is 13.8 Å². The van der Waals surface area contributed by atoms with E-state index >= 15 is 0 Å². The average Bonchev–Trinajstić information content (AvgIpc) is 2.58. The highest BCUT2D eigenvalue weighted by Gasteiger charge is 2.36. The summed E-state index contributed by atoms with van der Waals surface area (Å²) >= 11 is 5.98. The summed E-state index contributed by atoms with van der Waals surface area (Å²) in [6.07, 6.45) is -3.02.